The van der Waals surface area contributed by atoms with Gasteiger partial charge in [0.2, 0.25) is 11.8 Å². The predicted octanol–water partition coefficient (Wildman–Crippen LogP) is 6.75. The van der Waals surface area contributed by atoms with Crippen molar-refractivity contribution in [3.05, 3.63) is 11.1 Å². The first kappa shape index (κ1) is 35.1. The number of aromatic nitrogens is 1. The minimum Gasteiger partial charge on any atom is -0.492 e. The number of hydrogen-bond donors (Lipinski definition) is 2. The van der Waals surface area contributed by atoms with Crippen LogP contribution in [-0.4, -0.2) is 67.0 Å². The van der Waals surface area contributed by atoms with E-state index >= 15 is 0 Å². The molecule has 250 valence electrons. The smallest absolute Gasteiger partial charge is 0.460 e. The molecule has 0 aromatic carbocycles. The molecule has 6 nitrogen and oxygen atoms in total. The fourth-order valence-corrected chi connectivity index (χ4v) is 5.49. The van der Waals surface area contributed by atoms with E-state index in [1.165, 1.54) is 0 Å². The molecule has 1 aromatic heterocycles. The lowest BCUT2D eigenvalue weighted by atomic mass is 9.79. The lowest BCUT2D eigenvalue weighted by Gasteiger charge is -2.42. The molecule has 0 aliphatic heterocycles. The first-order valence-corrected chi connectivity index (χ1v) is 12.0. The number of halogens is 17. The summed E-state index contributed by atoms with van der Waals surface area (Å²) in [4.78, 5) is 0. The van der Waals surface area contributed by atoms with Crippen LogP contribution in [0.3, 0.4) is 0 Å². The number of fused-ring (bicyclic) bond motifs is 5. The molecule has 1 heterocycles. The molecule has 0 spiro atoms. The van der Waals surface area contributed by atoms with E-state index in [9.17, 15) is 89.1 Å². The summed E-state index contributed by atoms with van der Waals surface area (Å²) < 4.78 is 244. The van der Waals surface area contributed by atoms with Crippen molar-refractivity contribution in [2.45, 2.75) is 79.9 Å². The Labute approximate surface area is 229 Å². The molecule has 2 aliphatic carbocycles. The van der Waals surface area contributed by atoms with E-state index in [4.69, 9.17) is 0 Å². The van der Waals surface area contributed by atoms with Crippen LogP contribution in [0.2, 0.25) is 0 Å². The molecule has 0 saturated heterocycles. The molecule has 2 aliphatic rings. The van der Waals surface area contributed by atoms with Gasteiger partial charge in [0.1, 0.15) is 0 Å². The van der Waals surface area contributed by atoms with Crippen LogP contribution in [0.15, 0.2) is 0 Å². The van der Waals surface area contributed by atoms with Crippen LogP contribution in [0.1, 0.15) is 43.2 Å². The molecule has 43 heavy (non-hydrogen) atoms. The van der Waals surface area contributed by atoms with Crippen molar-refractivity contribution in [3.63, 3.8) is 0 Å². The Morgan fingerprint density at radius 1 is 0.628 bits per heavy atom. The summed E-state index contributed by atoms with van der Waals surface area (Å²) in [6, 6.07) is 0. The van der Waals surface area contributed by atoms with Gasteiger partial charge in [-0.15, -0.1) is 0 Å². The van der Waals surface area contributed by atoms with Crippen molar-refractivity contribution in [2.75, 3.05) is 0 Å². The van der Waals surface area contributed by atoms with Crippen molar-refractivity contribution < 1.29 is 97.5 Å². The number of hydrogen-bond acceptors (Lipinski definition) is 5. The van der Waals surface area contributed by atoms with Gasteiger partial charge in [-0.2, -0.15) is 83.0 Å². The Morgan fingerprint density at radius 2 is 0.953 bits per heavy atom. The zero-order valence-corrected chi connectivity index (χ0v) is 21.2. The van der Waals surface area contributed by atoms with Gasteiger partial charge >= 0.3 is 59.2 Å². The van der Waals surface area contributed by atoms with E-state index in [1.807, 2.05) is 0 Å². The highest BCUT2D eigenvalue weighted by molar-refractivity contribution is 7.75. The molecule has 2 bridgehead atoms. The third kappa shape index (κ3) is 4.34. The second kappa shape index (κ2) is 9.55. The summed E-state index contributed by atoms with van der Waals surface area (Å²) in [5.41, 5.74) is -0.237. The van der Waals surface area contributed by atoms with Crippen LogP contribution in [-0.2, 0) is 15.5 Å². The van der Waals surface area contributed by atoms with Crippen LogP contribution in [0.5, 0.6) is 11.8 Å². The minimum absolute atomic E-state index is 0.118. The van der Waals surface area contributed by atoms with Crippen molar-refractivity contribution in [1.29, 1.82) is 0 Å². The fourth-order valence-electron chi connectivity index (χ4n) is 4.92. The topological polar surface area (TPSA) is 80.9 Å². The van der Waals surface area contributed by atoms with E-state index in [2.05, 4.69) is 8.47 Å². The predicted molar refractivity (Wildman–Crippen MR) is 103 cm³/mol. The molecule has 5 unspecified atom stereocenters. The molecule has 0 radical (unpaired) electrons. The van der Waals surface area contributed by atoms with E-state index in [0.29, 0.717) is 6.42 Å². The maximum Gasteiger partial charge on any atom is 0.460 e. The molecule has 3 rings (SSSR count). The second-order valence-corrected chi connectivity index (χ2v) is 10.5. The second-order valence-electron chi connectivity index (χ2n) is 9.76. The standard InChI is InChI=1S/C19H14F17NO5S/c1-4-5(2)7-3-6(4)8-9(7)11(39)37(10(8)38)42-43(40)41-19(35,36)17(30,31)15(26,27)13(22,23)12(20,21)14(24,25)16(28,29)18(32,33)34/h4-7,38-39H,3H2,1-2H3. The third-order valence-corrected chi connectivity index (χ3v) is 8.12. The average Bonchev–Trinajstić information content (AvgIpc) is 3.43. The number of aromatic hydroxyl groups is 2. The lowest BCUT2D eigenvalue weighted by molar-refractivity contribution is -0.471. The monoisotopic (exact) mass is 691 g/mol. The minimum atomic E-state index is -8.85. The SMILES string of the molecule is CC1C2CC(c3c2c(O)n(OS(=O)OC(F)(F)C(F)(F)C(F)(F)C(F)(F)C(F)(F)C(F)(F)C(F)(F)C(F)(F)F)c3O)C1C. The van der Waals surface area contributed by atoms with E-state index in [-0.39, 0.29) is 23.0 Å². The van der Waals surface area contributed by atoms with Gasteiger partial charge in [0, 0.05) is 11.1 Å². The Morgan fingerprint density at radius 3 is 1.30 bits per heavy atom. The Kier molecular flexibility index (Phi) is 7.79. The molecule has 24 heteroatoms. The first-order valence-electron chi connectivity index (χ1n) is 11.0. The van der Waals surface area contributed by atoms with Crippen LogP contribution in [0, 0.1) is 11.8 Å². The highest BCUT2D eigenvalue weighted by Gasteiger charge is 2.95. The van der Waals surface area contributed by atoms with Gasteiger partial charge < -0.3 is 10.2 Å². The van der Waals surface area contributed by atoms with Gasteiger partial charge in [-0.25, -0.2) is 0 Å². The third-order valence-electron chi connectivity index (χ3n) is 7.51. The Bertz CT molecular complexity index is 1260. The molecular weight excluding hydrogens is 677 g/mol. The zero-order chi connectivity index (χ0) is 33.9. The van der Waals surface area contributed by atoms with Crippen LogP contribution in [0.4, 0.5) is 74.6 Å². The van der Waals surface area contributed by atoms with Crippen molar-refractivity contribution in [3.8, 4) is 11.8 Å². The van der Waals surface area contributed by atoms with Crippen LogP contribution >= 0.6 is 0 Å². The Hall–Kier alpha value is -2.40. The van der Waals surface area contributed by atoms with E-state index in [0.717, 1.165) is 0 Å². The number of alkyl halides is 17. The summed E-state index contributed by atoms with van der Waals surface area (Å²) in [5, 5.41) is 20.5. The van der Waals surface area contributed by atoms with Crippen LogP contribution in [0.25, 0.3) is 0 Å². The summed E-state index contributed by atoms with van der Waals surface area (Å²) >= 11 is -4.70. The maximum absolute atomic E-state index is 13.9. The van der Waals surface area contributed by atoms with Crippen molar-refractivity contribution >= 4 is 11.4 Å². The zero-order valence-electron chi connectivity index (χ0n) is 20.4. The van der Waals surface area contributed by atoms with E-state index in [1.54, 1.807) is 13.8 Å². The molecule has 5 atom stereocenters. The van der Waals surface area contributed by atoms with Gasteiger partial charge in [-0.05, 0) is 30.1 Å². The highest BCUT2D eigenvalue weighted by Crippen LogP contribution is 2.65. The van der Waals surface area contributed by atoms with Gasteiger partial charge in [-0.3, -0.25) is 4.28 Å². The molecule has 1 saturated carbocycles. The van der Waals surface area contributed by atoms with Crippen LogP contribution < -0.4 is 4.28 Å². The van der Waals surface area contributed by atoms with Gasteiger partial charge in [0.15, 0.2) is 0 Å². The molecule has 0 amide bonds. The normalized spacial score (nSPS) is 24.8. The average molecular weight is 691 g/mol. The molecule has 2 N–H and O–H groups in total. The number of rotatable bonds is 10. The fraction of sp³-hybridized carbons (Fsp3) is 0.789. The largest absolute Gasteiger partial charge is 0.492 e. The summed E-state index contributed by atoms with van der Waals surface area (Å²) in [7, 11) is 0. The first-order chi connectivity index (χ1) is 18.9. The maximum atomic E-state index is 13.9. The lowest BCUT2D eigenvalue weighted by Crippen LogP contribution is -2.74. The summed E-state index contributed by atoms with van der Waals surface area (Å²) in [6.07, 6.45) is -15.0. The van der Waals surface area contributed by atoms with Crippen molar-refractivity contribution in [2.24, 2.45) is 11.8 Å². The Balaban J connectivity index is 1.93. The summed E-state index contributed by atoms with van der Waals surface area (Å²) in [5.74, 6) is -55.5. The van der Waals surface area contributed by atoms with Gasteiger partial charge in [-0.1, -0.05) is 18.6 Å². The highest BCUT2D eigenvalue weighted by atomic mass is 32.2. The van der Waals surface area contributed by atoms with E-state index < -0.39 is 87.5 Å². The molecule has 1 aromatic rings. The summed E-state index contributed by atoms with van der Waals surface area (Å²) in [6.45, 7) is 3.35. The van der Waals surface area contributed by atoms with Crippen molar-refractivity contribution in [1.82, 2.24) is 4.73 Å². The number of nitrogens with zero attached hydrogens (tertiary/aromatic N) is 1. The molecular formula is C19H14F17NO5S. The van der Waals surface area contributed by atoms with Gasteiger partial charge in [0.25, 0.3) is 0 Å². The molecule has 1 fully saturated rings. The quantitative estimate of drug-likeness (QED) is 0.266. The van der Waals surface area contributed by atoms with Gasteiger partial charge in [0.05, 0.1) is 0 Å².